The van der Waals surface area contributed by atoms with Gasteiger partial charge in [-0.2, -0.15) is 0 Å². The fourth-order valence-electron chi connectivity index (χ4n) is 2.60. The normalized spacial score (nSPS) is 13.1. The summed E-state index contributed by atoms with van der Waals surface area (Å²) in [7, 11) is -4.29. The average molecular weight is 363 g/mol. The maximum Gasteiger partial charge on any atom is 0.243 e. The van der Waals surface area contributed by atoms with Gasteiger partial charge in [-0.1, -0.05) is 42.5 Å². The second kappa shape index (κ2) is 6.87. The highest BCUT2D eigenvalue weighted by atomic mass is 32.2. The van der Waals surface area contributed by atoms with Gasteiger partial charge >= 0.3 is 0 Å². The molecule has 0 aliphatic rings. The summed E-state index contributed by atoms with van der Waals surface area (Å²) in [5.74, 6) is -1.93. The van der Waals surface area contributed by atoms with Gasteiger partial charge in [0, 0.05) is 6.54 Å². The van der Waals surface area contributed by atoms with E-state index < -0.39 is 32.7 Å². The lowest BCUT2D eigenvalue weighted by molar-refractivity contribution is 0.183. The standard InChI is InChI=1S/C18H15F2NO3S/c19-13-8-9-16(20)18(10-13)25(23,24)21-11-17(22)15-7-3-5-12-4-1-2-6-14(12)15/h1-10,17,21-22H,11H2. The van der Waals surface area contributed by atoms with E-state index in [9.17, 15) is 22.3 Å². The number of nitrogens with one attached hydrogen (secondary N) is 1. The van der Waals surface area contributed by atoms with E-state index in [4.69, 9.17) is 0 Å². The molecule has 3 aromatic rings. The summed E-state index contributed by atoms with van der Waals surface area (Å²) < 4.78 is 53.4. The molecule has 0 aromatic heterocycles. The van der Waals surface area contributed by atoms with Crippen LogP contribution in [0, 0.1) is 11.6 Å². The summed E-state index contributed by atoms with van der Waals surface area (Å²) in [6.45, 7) is -0.369. The van der Waals surface area contributed by atoms with Crippen molar-refractivity contribution in [3.63, 3.8) is 0 Å². The van der Waals surface area contributed by atoms with Crippen molar-refractivity contribution in [3.8, 4) is 0 Å². The highest BCUT2D eigenvalue weighted by molar-refractivity contribution is 7.89. The van der Waals surface area contributed by atoms with Gasteiger partial charge < -0.3 is 5.11 Å². The molecule has 0 aliphatic carbocycles. The third-order valence-corrected chi connectivity index (χ3v) is 5.27. The van der Waals surface area contributed by atoms with Gasteiger partial charge in [0.15, 0.2) is 0 Å². The predicted octanol–water partition coefficient (Wildman–Crippen LogP) is 3.13. The molecule has 2 N–H and O–H groups in total. The minimum Gasteiger partial charge on any atom is -0.387 e. The summed E-state index contributed by atoms with van der Waals surface area (Å²) >= 11 is 0. The predicted molar refractivity (Wildman–Crippen MR) is 90.5 cm³/mol. The fourth-order valence-corrected chi connectivity index (χ4v) is 3.73. The van der Waals surface area contributed by atoms with Gasteiger partial charge in [-0.05, 0) is 34.5 Å². The molecule has 130 valence electrons. The molecule has 3 rings (SSSR count). The van der Waals surface area contributed by atoms with Crippen LogP contribution in [0.3, 0.4) is 0 Å². The van der Waals surface area contributed by atoms with Crippen LogP contribution in [0.5, 0.6) is 0 Å². The molecule has 0 radical (unpaired) electrons. The molecule has 25 heavy (non-hydrogen) atoms. The second-order valence-corrected chi connectivity index (χ2v) is 7.25. The third kappa shape index (κ3) is 3.68. The minimum atomic E-state index is -4.29. The molecule has 4 nitrogen and oxygen atoms in total. The lowest BCUT2D eigenvalue weighted by Crippen LogP contribution is -2.29. The van der Waals surface area contributed by atoms with Crippen LogP contribution >= 0.6 is 0 Å². The molecule has 0 amide bonds. The first-order valence-corrected chi connectivity index (χ1v) is 8.97. The number of benzene rings is 3. The fraction of sp³-hybridized carbons (Fsp3) is 0.111. The number of hydrogen-bond donors (Lipinski definition) is 2. The molecule has 0 fully saturated rings. The number of aliphatic hydroxyl groups is 1. The van der Waals surface area contributed by atoms with Crippen molar-refractivity contribution in [2.75, 3.05) is 6.54 Å². The van der Waals surface area contributed by atoms with Crippen molar-refractivity contribution in [1.29, 1.82) is 0 Å². The Hall–Kier alpha value is -2.35. The number of sulfonamides is 1. The molecule has 0 aliphatic heterocycles. The molecule has 0 heterocycles. The molecular formula is C18H15F2NO3S. The SMILES string of the molecule is O=S(=O)(NCC(O)c1cccc2ccccc12)c1cc(F)ccc1F. The van der Waals surface area contributed by atoms with Gasteiger partial charge in [0.2, 0.25) is 10.0 Å². The quantitative estimate of drug-likeness (QED) is 0.732. The van der Waals surface area contributed by atoms with E-state index in [1.54, 1.807) is 12.1 Å². The van der Waals surface area contributed by atoms with Crippen LogP contribution in [0.4, 0.5) is 8.78 Å². The third-order valence-electron chi connectivity index (χ3n) is 3.83. The monoisotopic (exact) mass is 363 g/mol. The van der Waals surface area contributed by atoms with Crippen LogP contribution in [-0.2, 0) is 10.0 Å². The smallest absolute Gasteiger partial charge is 0.243 e. The molecule has 0 saturated carbocycles. The lowest BCUT2D eigenvalue weighted by atomic mass is 10.0. The van der Waals surface area contributed by atoms with Crippen LogP contribution < -0.4 is 4.72 Å². The van der Waals surface area contributed by atoms with Gasteiger partial charge in [0.25, 0.3) is 0 Å². The number of rotatable bonds is 5. The Morgan fingerprint density at radius 3 is 2.52 bits per heavy atom. The van der Waals surface area contributed by atoms with Gasteiger partial charge in [-0.25, -0.2) is 21.9 Å². The van der Waals surface area contributed by atoms with Crippen LogP contribution in [0.1, 0.15) is 11.7 Å². The molecule has 0 bridgehead atoms. The van der Waals surface area contributed by atoms with Crippen LogP contribution in [0.15, 0.2) is 65.6 Å². The molecule has 7 heteroatoms. The second-order valence-electron chi connectivity index (χ2n) is 5.51. The van der Waals surface area contributed by atoms with Crippen LogP contribution in [0.2, 0.25) is 0 Å². The van der Waals surface area contributed by atoms with Crippen molar-refractivity contribution in [1.82, 2.24) is 4.72 Å². The maximum absolute atomic E-state index is 13.7. The van der Waals surface area contributed by atoms with E-state index in [1.165, 1.54) is 0 Å². The van der Waals surface area contributed by atoms with E-state index >= 15 is 0 Å². The van der Waals surface area contributed by atoms with Crippen molar-refractivity contribution in [2.45, 2.75) is 11.0 Å². The Labute approximate surface area is 143 Å². The van der Waals surface area contributed by atoms with E-state index in [0.29, 0.717) is 11.6 Å². The first-order valence-electron chi connectivity index (χ1n) is 7.49. The summed E-state index contributed by atoms with van der Waals surface area (Å²) in [5.41, 5.74) is 0.542. The first-order chi connectivity index (χ1) is 11.9. The van der Waals surface area contributed by atoms with Crippen LogP contribution in [-0.4, -0.2) is 20.1 Å². The Morgan fingerprint density at radius 2 is 1.72 bits per heavy atom. The Morgan fingerprint density at radius 1 is 1.00 bits per heavy atom. The zero-order valence-corrected chi connectivity index (χ0v) is 13.8. The number of aliphatic hydroxyl groups excluding tert-OH is 1. The highest BCUT2D eigenvalue weighted by Crippen LogP contribution is 2.24. The van der Waals surface area contributed by atoms with Crippen LogP contribution in [0.25, 0.3) is 10.8 Å². The number of hydrogen-bond acceptors (Lipinski definition) is 3. The summed E-state index contributed by atoms with van der Waals surface area (Å²) in [4.78, 5) is -0.794. The van der Waals surface area contributed by atoms with E-state index in [2.05, 4.69) is 4.72 Å². The molecule has 1 atom stereocenters. The lowest BCUT2D eigenvalue weighted by Gasteiger charge is -2.15. The van der Waals surface area contributed by atoms with Gasteiger partial charge in [-0.3, -0.25) is 0 Å². The van der Waals surface area contributed by atoms with Crippen molar-refractivity contribution >= 4 is 20.8 Å². The minimum absolute atomic E-state index is 0.369. The summed E-state index contributed by atoms with van der Waals surface area (Å²) in [6.07, 6.45) is -1.14. The van der Waals surface area contributed by atoms with Crippen molar-refractivity contribution in [2.24, 2.45) is 0 Å². The molecular weight excluding hydrogens is 348 g/mol. The molecule has 3 aromatic carbocycles. The van der Waals surface area contributed by atoms with Crippen molar-refractivity contribution in [3.05, 3.63) is 77.9 Å². The Kier molecular flexibility index (Phi) is 4.80. The average Bonchev–Trinajstić information content (AvgIpc) is 2.61. The van der Waals surface area contributed by atoms with Gasteiger partial charge in [-0.15, -0.1) is 0 Å². The van der Waals surface area contributed by atoms with Gasteiger partial charge in [0.05, 0.1) is 6.10 Å². The number of fused-ring (bicyclic) bond motifs is 1. The van der Waals surface area contributed by atoms with E-state index in [1.807, 2.05) is 30.3 Å². The van der Waals surface area contributed by atoms with E-state index in [0.717, 1.165) is 22.9 Å². The van der Waals surface area contributed by atoms with E-state index in [-0.39, 0.29) is 6.54 Å². The molecule has 1 unspecified atom stereocenters. The maximum atomic E-state index is 13.7. The zero-order chi connectivity index (χ0) is 18.0. The summed E-state index contributed by atoms with van der Waals surface area (Å²) in [6, 6.07) is 14.8. The largest absolute Gasteiger partial charge is 0.387 e. The highest BCUT2D eigenvalue weighted by Gasteiger charge is 2.22. The zero-order valence-electron chi connectivity index (χ0n) is 13.0. The summed E-state index contributed by atoms with van der Waals surface area (Å²) in [5, 5.41) is 12.0. The molecule has 0 saturated heterocycles. The number of halogens is 2. The Bertz CT molecular complexity index is 1020. The van der Waals surface area contributed by atoms with Crippen molar-refractivity contribution < 1.29 is 22.3 Å². The van der Waals surface area contributed by atoms with Gasteiger partial charge in [0.1, 0.15) is 16.5 Å². The first kappa shape index (κ1) is 17.5. The topological polar surface area (TPSA) is 66.4 Å². The Balaban J connectivity index is 1.84. The molecule has 0 spiro atoms.